The van der Waals surface area contributed by atoms with E-state index < -0.39 is 10.0 Å². The quantitative estimate of drug-likeness (QED) is 0.707. The van der Waals surface area contributed by atoms with Crippen LogP contribution in [0.4, 0.5) is 0 Å². The molecule has 1 aromatic carbocycles. The van der Waals surface area contributed by atoms with Gasteiger partial charge >= 0.3 is 0 Å². The number of nitrogens with one attached hydrogen (secondary N) is 1. The van der Waals surface area contributed by atoms with Gasteiger partial charge in [-0.15, -0.1) is 0 Å². The van der Waals surface area contributed by atoms with Crippen LogP contribution >= 0.6 is 0 Å². The van der Waals surface area contributed by atoms with Crippen molar-refractivity contribution in [3.05, 3.63) is 18.2 Å². The summed E-state index contributed by atoms with van der Waals surface area (Å²) in [5.74, 6) is 0.451. The number of hydrogen-bond donors (Lipinski definition) is 2. The van der Waals surface area contributed by atoms with Crippen LogP contribution in [0.2, 0.25) is 0 Å². The van der Waals surface area contributed by atoms with Crippen LogP contribution in [0.1, 0.15) is 12.8 Å². The van der Waals surface area contributed by atoms with Gasteiger partial charge in [0.2, 0.25) is 15.9 Å². The van der Waals surface area contributed by atoms with Gasteiger partial charge in [0, 0.05) is 25.2 Å². The minimum absolute atomic E-state index is 0.125. The molecule has 0 bridgehead atoms. The SMILES string of the molecule is COc1ccc(S(=O)(=O)NC2CCN(CC(N)=O)CC2)cc1OC. The summed E-state index contributed by atoms with van der Waals surface area (Å²) in [6, 6.07) is 4.30. The van der Waals surface area contributed by atoms with E-state index in [0.29, 0.717) is 37.4 Å². The number of carbonyl (C=O) groups is 1. The fourth-order valence-corrected chi connectivity index (χ4v) is 4.02. The number of amides is 1. The lowest BCUT2D eigenvalue weighted by Gasteiger charge is -2.31. The van der Waals surface area contributed by atoms with Crippen molar-refractivity contribution in [2.24, 2.45) is 5.73 Å². The smallest absolute Gasteiger partial charge is 0.240 e. The Bertz CT molecular complexity index is 684. The van der Waals surface area contributed by atoms with Gasteiger partial charge in [-0.2, -0.15) is 0 Å². The molecule has 9 heteroatoms. The maximum Gasteiger partial charge on any atom is 0.240 e. The van der Waals surface area contributed by atoms with E-state index in [0.717, 1.165) is 0 Å². The molecule has 1 amide bonds. The second-order valence-electron chi connectivity index (χ2n) is 5.65. The van der Waals surface area contributed by atoms with Gasteiger partial charge in [0.15, 0.2) is 11.5 Å². The Balaban J connectivity index is 2.03. The summed E-state index contributed by atoms with van der Waals surface area (Å²) in [6.45, 7) is 1.46. The van der Waals surface area contributed by atoms with Crippen molar-refractivity contribution in [2.45, 2.75) is 23.8 Å². The van der Waals surface area contributed by atoms with E-state index in [1.807, 2.05) is 4.90 Å². The van der Waals surface area contributed by atoms with Gasteiger partial charge in [-0.05, 0) is 25.0 Å². The van der Waals surface area contributed by atoms with Gasteiger partial charge in [0.05, 0.1) is 25.7 Å². The predicted octanol–water partition coefficient (Wildman–Crippen LogP) is -0.0682. The van der Waals surface area contributed by atoms with E-state index >= 15 is 0 Å². The van der Waals surface area contributed by atoms with Crippen LogP contribution in [-0.4, -0.2) is 59.1 Å². The molecule has 0 radical (unpaired) electrons. The second kappa shape index (κ2) is 7.82. The molecule has 0 aromatic heterocycles. The molecule has 1 aromatic rings. The summed E-state index contributed by atoms with van der Waals surface area (Å²) in [7, 11) is -0.709. The molecule has 1 fully saturated rings. The van der Waals surface area contributed by atoms with E-state index in [-0.39, 0.29) is 23.4 Å². The van der Waals surface area contributed by atoms with Crippen LogP contribution in [-0.2, 0) is 14.8 Å². The molecule has 3 N–H and O–H groups in total. The molecule has 1 heterocycles. The van der Waals surface area contributed by atoms with Gasteiger partial charge in [0.1, 0.15) is 0 Å². The average Bonchev–Trinajstić information content (AvgIpc) is 2.55. The summed E-state index contributed by atoms with van der Waals surface area (Å²) < 4.78 is 38.0. The highest BCUT2D eigenvalue weighted by atomic mass is 32.2. The molecule has 0 aliphatic carbocycles. The van der Waals surface area contributed by atoms with Crippen molar-refractivity contribution >= 4 is 15.9 Å². The third-order valence-corrected chi connectivity index (χ3v) is 5.47. The minimum atomic E-state index is -3.65. The molecule has 0 unspecified atom stereocenters. The van der Waals surface area contributed by atoms with Gasteiger partial charge in [-0.25, -0.2) is 13.1 Å². The first-order valence-corrected chi connectivity index (χ1v) is 9.09. The maximum absolute atomic E-state index is 12.5. The monoisotopic (exact) mass is 357 g/mol. The van der Waals surface area contributed by atoms with Crippen molar-refractivity contribution in [1.29, 1.82) is 0 Å². The number of benzene rings is 1. The van der Waals surface area contributed by atoms with Crippen molar-refractivity contribution < 1.29 is 22.7 Å². The van der Waals surface area contributed by atoms with E-state index in [4.69, 9.17) is 15.2 Å². The zero-order valence-electron chi connectivity index (χ0n) is 13.8. The fraction of sp³-hybridized carbons (Fsp3) is 0.533. The number of carbonyl (C=O) groups excluding carboxylic acids is 1. The molecule has 1 aliphatic heterocycles. The summed E-state index contributed by atoms with van der Waals surface area (Å²) in [6.07, 6.45) is 1.25. The summed E-state index contributed by atoms with van der Waals surface area (Å²) in [4.78, 5) is 13.0. The van der Waals surface area contributed by atoms with Gasteiger partial charge in [0.25, 0.3) is 0 Å². The number of ether oxygens (including phenoxy) is 2. The van der Waals surface area contributed by atoms with Gasteiger partial charge in [-0.3, -0.25) is 9.69 Å². The third kappa shape index (κ3) is 4.59. The number of sulfonamides is 1. The zero-order valence-corrected chi connectivity index (χ0v) is 14.6. The first-order valence-electron chi connectivity index (χ1n) is 7.60. The number of primary amides is 1. The molecule has 24 heavy (non-hydrogen) atoms. The lowest BCUT2D eigenvalue weighted by Crippen LogP contribution is -2.46. The zero-order chi connectivity index (χ0) is 17.7. The number of piperidine rings is 1. The predicted molar refractivity (Wildman–Crippen MR) is 88.5 cm³/mol. The topological polar surface area (TPSA) is 111 Å². The molecule has 0 saturated carbocycles. The Hall–Kier alpha value is -1.84. The molecule has 0 atom stereocenters. The lowest BCUT2D eigenvalue weighted by atomic mass is 10.1. The number of rotatable bonds is 7. The molecule has 0 spiro atoms. The van der Waals surface area contributed by atoms with Crippen molar-refractivity contribution in [3.8, 4) is 11.5 Å². The minimum Gasteiger partial charge on any atom is -0.493 e. The maximum atomic E-state index is 12.5. The number of likely N-dealkylation sites (tertiary alicyclic amines) is 1. The first-order chi connectivity index (χ1) is 11.4. The Kier molecular flexibility index (Phi) is 6.03. The summed E-state index contributed by atoms with van der Waals surface area (Å²) >= 11 is 0. The van der Waals surface area contributed by atoms with E-state index in [1.165, 1.54) is 26.4 Å². The van der Waals surface area contributed by atoms with E-state index in [9.17, 15) is 13.2 Å². The largest absolute Gasteiger partial charge is 0.493 e. The molecule has 1 saturated heterocycles. The first kappa shape index (κ1) is 18.5. The molecule has 8 nitrogen and oxygen atoms in total. The third-order valence-electron chi connectivity index (χ3n) is 3.95. The summed E-state index contributed by atoms with van der Waals surface area (Å²) in [5.41, 5.74) is 5.17. The van der Waals surface area contributed by atoms with Crippen molar-refractivity contribution in [3.63, 3.8) is 0 Å². The van der Waals surface area contributed by atoms with E-state index in [2.05, 4.69) is 4.72 Å². The number of nitrogens with two attached hydrogens (primary N) is 1. The Morgan fingerprint density at radius 3 is 2.42 bits per heavy atom. The molecule has 2 rings (SSSR count). The molecular formula is C15H23N3O5S. The van der Waals surface area contributed by atoms with Crippen LogP contribution < -0.4 is 19.9 Å². The van der Waals surface area contributed by atoms with Crippen LogP contribution in [0.25, 0.3) is 0 Å². The second-order valence-corrected chi connectivity index (χ2v) is 7.37. The number of methoxy groups -OCH3 is 2. The highest BCUT2D eigenvalue weighted by Crippen LogP contribution is 2.29. The lowest BCUT2D eigenvalue weighted by molar-refractivity contribution is -0.119. The van der Waals surface area contributed by atoms with Crippen LogP contribution in [0, 0.1) is 0 Å². The van der Waals surface area contributed by atoms with E-state index in [1.54, 1.807) is 6.07 Å². The number of nitrogens with zero attached hydrogens (tertiary/aromatic N) is 1. The fourth-order valence-electron chi connectivity index (χ4n) is 2.70. The molecule has 134 valence electrons. The van der Waals surface area contributed by atoms with Gasteiger partial charge < -0.3 is 15.2 Å². The highest BCUT2D eigenvalue weighted by Gasteiger charge is 2.25. The van der Waals surface area contributed by atoms with Crippen molar-refractivity contribution in [2.75, 3.05) is 33.9 Å². The Morgan fingerprint density at radius 1 is 1.25 bits per heavy atom. The summed E-state index contributed by atoms with van der Waals surface area (Å²) in [5, 5.41) is 0. The Morgan fingerprint density at radius 2 is 1.88 bits per heavy atom. The van der Waals surface area contributed by atoms with Crippen molar-refractivity contribution in [1.82, 2.24) is 9.62 Å². The normalized spacial score (nSPS) is 16.8. The highest BCUT2D eigenvalue weighted by molar-refractivity contribution is 7.89. The van der Waals surface area contributed by atoms with Crippen LogP contribution in [0.15, 0.2) is 23.1 Å². The standard InChI is InChI=1S/C15H23N3O5S/c1-22-13-4-3-12(9-14(13)23-2)24(20,21)17-11-5-7-18(8-6-11)10-15(16)19/h3-4,9,11,17H,5-8,10H2,1-2H3,(H2,16,19). The van der Waals surface area contributed by atoms with Gasteiger partial charge in [-0.1, -0.05) is 0 Å². The molecule has 1 aliphatic rings. The Labute approximate surface area is 142 Å². The van der Waals surface area contributed by atoms with Crippen LogP contribution in [0.3, 0.4) is 0 Å². The molecular weight excluding hydrogens is 334 g/mol. The number of hydrogen-bond acceptors (Lipinski definition) is 6. The average molecular weight is 357 g/mol. The van der Waals surface area contributed by atoms with Crippen LogP contribution in [0.5, 0.6) is 11.5 Å².